The average Bonchev–Trinajstić information content (AvgIpc) is 3.16. The second-order valence-electron chi connectivity index (χ2n) is 7.32. The Kier molecular flexibility index (Phi) is 5.11. The molecule has 1 heterocycles. The van der Waals surface area contributed by atoms with Gasteiger partial charge >= 0.3 is 5.97 Å². The normalized spacial score (nSPS) is 14.3. The van der Waals surface area contributed by atoms with Gasteiger partial charge in [-0.3, -0.25) is 4.79 Å². The van der Waals surface area contributed by atoms with Crippen LogP contribution in [0.1, 0.15) is 54.0 Å². The highest BCUT2D eigenvalue weighted by Gasteiger charge is 2.30. The van der Waals surface area contributed by atoms with Gasteiger partial charge in [-0.05, 0) is 50.2 Å². The van der Waals surface area contributed by atoms with Gasteiger partial charge in [-0.25, -0.2) is 9.48 Å². The molecule has 2 N–H and O–H groups in total. The number of hydrogen-bond donors (Lipinski definition) is 2. The zero-order valence-corrected chi connectivity index (χ0v) is 15.5. The van der Waals surface area contributed by atoms with Crippen LogP contribution in [0.15, 0.2) is 24.3 Å². The number of nitrogens with one attached hydrogen (secondary N) is 1. The molecule has 0 spiro atoms. The van der Waals surface area contributed by atoms with Crippen molar-refractivity contribution in [2.45, 2.75) is 52.5 Å². The van der Waals surface area contributed by atoms with Crippen LogP contribution >= 0.6 is 0 Å². The molecule has 1 aliphatic rings. The van der Waals surface area contributed by atoms with Gasteiger partial charge in [-0.1, -0.05) is 32.0 Å². The van der Waals surface area contributed by atoms with E-state index in [4.69, 9.17) is 0 Å². The average molecular weight is 355 g/mol. The summed E-state index contributed by atoms with van der Waals surface area (Å²) in [5.41, 5.74) is 4.40. The van der Waals surface area contributed by atoms with Gasteiger partial charge in [0.2, 0.25) is 0 Å². The zero-order valence-electron chi connectivity index (χ0n) is 15.5. The van der Waals surface area contributed by atoms with Crippen molar-refractivity contribution in [2.75, 3.05) is 0 Å². The van der Waals surface area contributed by atoms with Gasteiger partial charge in [-0.15, -0.1) is 0 Å². The number of carboxylic acids is 1. The molecule has 0 saturated heterocycles. The number of carbonyl (C=O) groups excluding carboxylic acids is 1. The highest BCUT2D eigenvalue weighted by Crippen LogP contribution is 2.29. The van der Waals surface area contributed by atoms with E-state index in [1.807, 2.05) is 49.7 Å². The fourth-order valence-corrected chi connectivity index (χ4v) is 3.54. The Morgan fingerprint density at radius 1 is 1.27 bits per heavy atom. The molecule has 3 rings (SSSR count). The molecule has 26 heavy (non-hydrogen) atoms. The molecule has 6 nitrogen and oxygen atoms in total. The van der Waals surface area contributed by atoms with Gasteiger partial charge < -0.3 is 10.4 Å². The number of aliphatic carboxylic acids is 1. The number of para-hydroxylation sites is 1. The number of amides is 1. The number of aromatic nitrogens is 2. The summed E-state index contributed by atoms with van der Waals surface area (Å²) in [5, 5.41) is 16.6. The van der Waals surface area contributed by atoms with E-state index >= 15 is 0 Å². The van der Waals surface area contributed by atoms with Crippen LogP contribution in [0.2, 0.25) is 0 Å². The van der Waals surface area contributed by atoms with Gasteiger partial charge in [0.25, 0.3) is 5.91 Å². The molecule has 1 unspecified atom stereocenters. The predicted molar refractivity (Wildman–Crippen MR) is 98.7 cm³/mol. The fraction of sp³-hybridized carbons (Fsp3) is 0.450. The number of hydrogen-bond acceptors (Lipinski definition) is 3. The van der Waals surface area contributed by atoms with Crippen LogP contribution in [0.3, 0.4) is 0 Å². The number of aryl methyl sites for hydroxylation is 1. The smallest absolute Gasteiger partial charge is 0.326 e. The van der Waals surface area contributed by atoms with Crippen LogP contribution in [-0.2, 0) is 17.6 Å². The highest BCUT2D eigenvalue weighted by atomic mass is 16.4. The summed E-state index contributed by atoms with van der Waals surface area (Å²) in [5.74, 6) is -1.24. The molecule has 6 heteroatoms. The largest absolute Gasteiger partial charge is 0.480 e. The molecule has 0 radical (unpaired) electrons. The zero-order chi connectivity index (χ0) is 18.8. The lowest BCUT2D eigenvalue weighted by Gasteiger charge is -2.16. The molecule has 1 aliphatic carbocycles. The van der Waals surface area contributed by atoms with Gasteiger partial charge in [-0.2, -0.15) is 5.10 Å². The molecule has 1 atom stereocenters. The van der Waals surface area contributed by atoms with Crippen molar-refractivity contribution in [1.82, 2.24) is 15.1 Å². The third-order valence-corrected chi connectivity index (χ3v) is 4.80. The Morgan fingerprint density at radius 2 is 2.00 bits per heavy atom. The number of benzene rings is 1. The van der Waals surface area contributed by atoms with E-state index in [2.05, 4.69) is 10.4 Å². The Balaban J connectivity index is 1.94. The first-order chi connectivity index (χ1) is 12.4. The number of carbonyl (C=O) groups is 2. The van der Waals surface area contributed by atoms with E-state index in [-0.39, 0.29) is 5.92 Å². The molecular weight excluding hydrogens is 330 g/mol. The van der Waals surface area contributed by atoms with E-state index in [0.717, 1.165) is 41.8 Å². The number of nitrogens with zero attached hydrogens (tertiary/aromatic N) is 2. The second kappa shape index (κ2) is 7.32. The Hall–Kier alpha value is -2.63. The van der Waals surface area contributed by atoms with Gasteiger partial charge in [0.15, 0.2) is 5.69 Å². The van der Waals surface area contributed by atoms with Crippen LogP contribution in [0.5, 0.6) is 0 Å². The van der Waals surface area contributed by atoms with Crippen molar-refractivity contribution in [1.29, 1.82) is 0 Å². The monoisotopic (exact) mass is 355 g/mol. The first kappa shape index (κ1) is 18.2. The minimum atomic E-state index is -1.01. The summed E-state index contributed by atoms with van der Waals surface area (Å²) in [7, 11) is 0. The van der Waals surface area contributed by atoms with Gasteiger partial charge in [0.05, 0.1) is 5.69 Å². The topological polar surface area (TPSA) is 84.2 Å². The van der Waals surface area contributed by atoms with Gasteiger partial charge in [0, 0.05) is 11.3 Å². The van der Waals surface area contributed by atoms with Crippen LogP contribution < -0.4 is 5.32 Å². The maximum Gasteiger partial charge on any atom is 0.326 e. The highest BCUT2D eigenvalue weighted by molar-refractivity contribution is 5.96. The number of fused-ring (bicyclic) bond motifs is 1. The maximum absolute atomic E-state index is 12.8. The third-order valence-electron chi connectivity index (χ3n) is 4.80. The van der Waals surface area contributed by atoms with E-state index in [1.54, 1.807) is 0 Å². The van der Waals surface area contributed by atoms with Crippen LogP contribution in [0.4, 0.5) is 0 Å². The SMILES string of the molecule is Cc1ccccc1-n1nc(C(=O)NC(CC(C)C)C(=O)O)c2c1CCC2. The fourth-order valence-electron chi connectivity index (χ4n) is 3.54. The Bertz CT molecular complexity index is 839. The van der Waals surface area contributed by atoms with Crippen LogP contribution in [0.25, 0.3) is 5.69 Å². The summed E-state index contributed by atoms with van der Waals surface area (Å²) in [6.45, 7) is 5.89. The van der Waals surface area contributed by atoms with Crippen molar-refractivity contribution < 1.29 is 14.7 Å². The molecule has 138 valence electrons. The standard InChI is InChI=1S/C20H25N3O3/c1-12(2)11-15(20(25)26)21-19(24)18-14-8-6-10-17(14)23(22-18)16-9-5-4-7-13(16)3/h4-5,7,9,12,15H,6,8,10-11H2,1-3H3,(H,21,24)(H,25,26). The van der Waals surface area contributed by atoms with Crippen molar-refractivity contribution in [3.63, 3.8) is 0 Å². The molecule has 0 aliphatic heterocycles. The lowest BCUT2D eigenvalue weighted by molar-refractivity contribution is -0.139. The lowest BCUT2D eigenvalue weighted by atomic mass is 10.0. The molecule has 0 bridgehead atoms. The first-order valence-corrected chi connectivity index (χ1v) is 9.09. The summed E-state index contributed by atoms with van der Waals surface area (Å²) >= 11 is 0. The van der Waals surface area contributed by atoms with Crippen molar-refractivity contribution in [2.24, 2.45) is 5.92 Å². The maximum atomic E-state index is 12.8. The van der Waals surface area contributed by atoms with E-state index in [9.17, 15) is 14.7 Å². The third kappa shape index (κ3) is 3.49. The van der Waals surface area contributed by atoms with Crippen LogP contribution in [-0.4, -0.2) is 32.8 Å². The quantitative estimate of drug-likeness (QED) is 0.834. The summed E-state index contributed by atoms with van der Waals surface area (Å²) in [4.78, 5) is 24.2. The lowest BCUT2D eigenvalue weighted by Crippen LogP contribution is -2.42. The van der Waals surface area contributed by atoms with Crippen molar-refractivity contribution in [3.05, 3.63) is 46.8 Å². The molecule has 0 fully saturated rings. The number of carboxylic acid groups (broad SMARTS) is 1. The number of rotatable bonds is 6. The van der Waals surface area contributed by atoms with E-state index in [0.29, 0.717) is 12.1 Å². The molecular formula is C20H25N3O3. The minimum absolute atomic E-state index is 0.173. The van der Waals surface area contributed by atoms with Crippen LogP contribution in [0, 0.1) is 12.8 Å². The Labute approximate surface area is 153 Å². The van der Waals surface area contributed by atoms with E-state index in [1.165, 1.54) is 0 Å². The molecule has 1 amide bonds. The minimum Gasteiger partial charge on any atom is -0.480 e. The van der Waals surface area contributed by atoms with E-state index < -0.39 is 17.9 Å². The summed E-state index contributed by atoms with van der Waals surface area (Å²) in [6.07, 6.45) is 3.04. The summed E-state index contributed by atoms with van der Waals surface area (Å²) < 4.78 is 1.85. The molecule has 2 aromatic rings. The molecule has 1 aromatic heterocycles. The molecule has 1 aromatic carbocycles. The first-order valence-electron chi connectivity index (χ1n) is 9.09. The van der Waals surface area contributed by atoms with Crippen molar-refractivity contribution >= 4 is 11.9 Å². The predicted octanol–water partition coefficient (Wildman–Crippen LogP) is 2.90. The Morgan fingerprint density at radius 3 is 2.65 bits per heavy atom. The van der Waals surface area contributed by atoms with Gasteiger partial charge in [0.1, 0.15) is 6.04 Å². The second-order valence-corrected chi connectivity index (χ2v) is 7.32. The summed E-state index contributed by atoms with van der Waals surface area (Å²) in [6, 6.07) is 7.03. The van der Waals surface area contributed by atoms with Crippen molar-refractivity contribution in [3.8, 4) is 5.69 Å². The molecule has 0 saturated carbocycles.